The summed E-state index contributed by atoms with van der Waals surface area (Å²) in [7, 11) is 0. The van der Waals surface area contributed by atoms with Crippen LogP contribution in [0.5, 0.6) is 0 Å². The molecule has 0 saturated carbocycles. The Balaban J connectivity index is 3.53. The maximum Gasteiger partial charge on any atom is 0.104 e. The van der Waals surface area contributed by atoms with E-state index in [2.05, 4.69) is 67.8 Å². The van der Waals surface area contributed by atoms with Crippen LogP contribution in [-0.2, 0) is 14.2 Å². The molecule has 0 unspecified atom stereocenters. The van der Waals surface area contributed by atoms with Gasteiger partial charge < -0.3 is 14.2 Å². The van der Waals surface area contributed by atoms with Crippen molar-refractivity contribution in [1.82, 2.24) is 0 Å². The standard InChI is InChI=1S/C9H17I3O3/c10-1-4-13-7-9(15-6-3-12)8-14-5-2-11/h9H,1-8H2. The maximum absolute atomic E-state index is 5.62. The number of rotatable bonds is 11. The SMILES string of the molecule is ICCOCC(COCCI)OCCI. The van der Waals surface area contributed by atoms with E-state index in [1.54, 1.807) is 0 Å². The number of ether oxygens (including phenoxy) is 3. The van der Waals surface area contributed by atoms with Crippen molar-refractivity contribution >= 4 is 67.8 Å². The third-order valence-corrected chi connectivity index (χ3v) is 2.80. The molecule has 0 aromatic carbocycles. The smallest absolute Gasteiger partial charge is 0.104 e. The van der Waals surface area contributed by atoms with Crippen molar-refractivity contribution in [3.63, 3.8) is 0 Å². The van der Waals surface area contributed by atoms with Gasteiger partial charge in [-0.05, 0) is 0 Å². The van der Waals surface area contributed by atoms with Crippen molar-refractivity contribution in [3.8, 4) is 0 Å². The van der Waals surface area contributed by atoms with Gasteiger partial charge in [0.25, 0.3) is 0 Å². The van der Waals surface area contributed by atoms with Crippen LogP contribution in [0.25, 0.3) is 0 Å². The molecule has 0 saturated heterocycles. The van der Waals surface area contributed by atoms with E-state index >= 15 is 0 Å². The second kappa shape index (κ2) is 14.1. The van der Waals surface area contributed by atoms with Gasteiger partial charge in [-0.25, -0.2) is 0 Å². The van der Waals surface area contributed by atoms with Gasteiger partial charge in [0, 0.05) is 13.3 Å². The van der Waals surface area contributed by atoms with Crippen molar-refractivity contribution in [3.05, 3.63) is 0 Å². The summed E-state index contributed by atoms with van der Waals surface area (Å²) in [6.07, 6.45) is 0.0886. The summed E-state index contributed by atoms with van der Waals surface area (Å²) in [6, 6.07) is 0. The monoisotopic (exact) mass is 554 g/mol. The minimum Gasteiger partial charge on any atom is -0.378 e. The minimum absolute atomic E-state index is 0.0886. The second-order valence-corrected chi connectivity index (χ2v) is 5.95. The van der Waals surface area contributed by atoms with Gasteiger partial charge >= 0.3 is 0 Å². The molecule has 0 aliphatic carbocycles. The summed E-state index contributed by atoms with van der Waals surface area (Å²) in [4.78, 5) is 0. The number of halogens is 3. The molecule has 0 aromatic heterocycles. The molecule has 0 radical (unpaired) electrons. The molecule has 0 amide bonds. The van der Waals surface area contributed by atoms with E-state index in [1.165, 1.54) is 0 Å². The molecule has 0 rings (SSSR count). The van der Waals surface area contributed by atoms with E-state index in [-0.39, 0.29) is 6.10 Å². The molecular weight excluding hydrogens is 537 g/mol. The Kier molecular flexibility index (Phi) is 16.1. The van der Waals surface area contributed by atoms with E-state index in [4.69, 9.17) is 14.2 Å². The highest BCUT2D eigenvalue weighted by Gasteiger charge is 2.09. The predicted molar refractivity (Wildman–Crippen MR) is 88.0 cm³/mol. The zero-order valence-electron chi connectivity index (χ0n) is 8.59. The van der Waals surface area contributed by atoms with E-state index in [1.807, 2.05) is 0 Å². The number of alkyl halides is 3. The van der Waals surface area contributed by atoms with Gasteiger partial charge in [-0.2, -0.15) is 0 Å². The van der Waals surface area contributed by atoms with Crippen molar-refractivity contribution < 1.29 is 14.2 Å². The van der Waals surface area contributed by atoms with Crippen molar-refractivity contribution in [2.45, 2.75) is 6.10 Å². The molecule has 0 aliphatic heterocycles. The Hall–Kier alpha value is 2.07. The van der Waals surface area contributed by atoms with Crippen LogP contribution in [0.1, 0.15) is 0 Å². The number of hydrogen-bond acceptors (Lipinski definition) is 3. The third kappa shape index (κ3) is 12.3. The van der Waals surface area contributed by atoms with Gasteiger partial charge in [0.1, 0.15) is 6.10 Å². The van der Waals surface area contributed by atoms with Gasteiger partial charge in [-0.15, -0.1) is 0 Å². The Bertz CT molecular complexity index is 117. The molecule has 0 aromatic rings. The predicted octanol–water partition coefficient (Wildman–Crippen LogP) is 2.71. The van der Waals surface area contributed by atoms with Gasteiger partial charge in [0.2, 0.25) is 0 Å². The largest absolute Gasteiger partial charge is 0.378 e. The first-order valence-electron chi connectivity index (χ1n) is 4.80. The summed E-state index contributed by atoms with van der Waals surface area (Å²) >= 11 is 6.90. The molecule has 92 valence electrons. The molecule has 3 nitrogen and oxygen atoms in total. The molecule has 0 aliphatic rings. The molecule has 0 atom stereocenters. The third-order valence-electron chi connectivity index (χ3n) is 1.48. The Morgan fingerprint density at radius 3 is 1.60 bits per heavy atom. The van der Waals surface area contributed by atoms with Crippen molar-refractivity contribution in [2.75, 3.05) is 46.3 Å². The van der Waals surface area contributed by atoms with E-state index in [0.29, 0.717) is 13.2 Å². The quantitative estimate of drug-likeness (QED) is 0.224. The van der Waals surface area contributed by atoms with Crippen LogP contribution in [0.2, 0.25) is 0 Å². The summed E-state index contributed by atoms with van der Waals surface area (Å²) in [5.41, 5.74) is 0. The topological polar surface area (TPSA) is 27.7 Å². The highest BCUT2D eigenvalue weighted by atomic mass is 127. The van der Waals surface area contributed by atoms with Gasteiger partial charge in [-0.3, -0.25) is 0 Å². The molecule has 0 fully saturated rings. The average molecular weight is 554 g/mol. The van der Waals surface area contributed by atoms with E-state index in [0.717, 1.165) is 33.1 Å². The summed E-state index contributed by atoms with van der Waals surface area (Å²) in [5, 5.41) is 0. The Morgan fingerprint density at radius 2 is 1.20 bits per heavy atom. The normalized spacial score (nSPS) is 11.2. The fourth-order valence-electron chi connectivity index (χ4n) is 0.894. The number of hydrogen-bond donors (Lipinski definition) is 0. The first-order chi connectivity index (χ1) is 7.35. The van der Waals surface area contributed by atoms with Crippen LogP contribution in [0.15, 0.2) is 0 Å². The highest BCUT2D eigenvalue weighted by Crippen LogP contribution is 1.98. The van der Waals surface area contributed by atoms with E-state index < -0.39 is 0 Å². The first kappa shape index (κ1) is 17.1. The van der Waals surface area contributed by atoms with Crippen LogP contribution in [0.3, 0.4) is 0 Å². The zero-order chi connectivity index (χ0) is 11.4. The molecule has 6 heteroatoms. The first-order valence-corrected chi connectivity index (χ1v) is 9.37. The summed E-state index contributed by atoms with van der Waals surface area (Å²) in [6.45, 7) is 3.63. The van der Waals surface area contributed by atoms with Gasteiger partial charge in [0.05, 0.1) is 33.0 Å². The highest BCUT2D eigenvalue weighted by molar-refractivity contribution is 14.1. The minimum atomic E-state index is 0.0886. The zero-order valence-corrected chi connectivity index (χ0v) is 15.1. The summed E-state index contributed by atoms with van der Waals surface area (Å²) in [5.74, 6) is 0. The molecule has 15 heavy (non-hydrogen) atoms. The molecule has 0 spiro atoms. The lowest BCUT2D eigenvalue weighted by Crippen LogP contribution is -2.27. The van der Waals surface area contributed by atoms with Crippen molar-refractivity contribution in [2.24, 2.45) is 0 Å². The van der Waals surface area contributed by atoms with Crippen molar-refractivity contribution in [1.29, 1.82) is 0 Å². The lowest BCUT2D eigenvalue weighted by atomic mass is 10.4. The van der Waals surface area contributed by atoms with Crippen LogP contribution >= 0.6 is 67.8 Å². The summed E-state index contributed by atoms with van der Waals surface area (Å²) < 4.78 is 19.6. The molecular formula is C9H17I3O3. The molecule has 0 heterocycles. The van der Waals surface area contributed by atoms with E-state index in [9.17, 15) is 0 Å². The maximum atomic E-state index is 5.62. The second-order valence-electron chi connectivity index (χ2n) is 2.71. The van der Waals surface area contributed by atoms with Crippen LogP contribution in [0, 0.1) is 0 Å². The van der Waals surface area contributed by atoms with Gasteiger partial charge in [0.15, 0.2) is 0 Å². The Morgan fingerprint density at radius 1 is 0.733 bits per heavy atom. The Labute approximate surface area is 133 Å². The fraction of sp³-hybridized carbons (Fsp3) is 1.00. The average Bonchev–Trinajstić information content (AvgIpc) is 2.25. The van der Waals surface area contributed by atoms with Gasteiger partial charge in [-0.1, -0.05) is 67.8 Å². The van der Waals surface area contributed by atoms with Crippen LogP contribution < -0.4 is 0 Å². The van der Waals surface area contributed by atoms with Crippen LogP contribution in [-0.4, -0.2) is 52.4 Å². The lowest BCUT2D eigenvalue weighted by Gasteiger charge is -2.17. The fourth-order valence-corrected chi connectivity index (χ4v) is 1.77. The lowest BCUT2D eigenvalue weighted by molar-refractivity contribution is -0.0499. The van der Waals surface area contributed by atoms with Crippen LogP contribution in [0.4, 0.5) is 0 Å². The molecule has 0 N–H and O–H groups in total. The molecule has 0 bridgehead atoms.